The van der Waals surface area contributed by atoms with Gasteiger partial charge in [-0.2, -0.15) is 0 Å². The molecule has 0 aromatic rings. The summed E-state index contributed by atoms with van der Waals surface area (Å²) in [5.41, 5.74) is 0. The van der Waals surface area contributed by atoms with Crippen molar-refractivity contribution in [3.8, 4) is 0 Å². The molecule has 0 aliphatic carbocycles. The molecule has 0 bridgehead atoms. The van der Waals surface area contributed by atoms with Gasteiger partial charge in [0, 0.05) is 19.3 Å². The van der Waals surface area contributed by atoms with Crippen molar-refractivity contribution in [1.82, 2.24) is 0 Å². The molecule has 434 valence electrons. The number of hydrogen-bond acceptors (Lipinski definition) is 6. The third kappa shape index (κ3) is 61.6. The summed E-state index contributed by atoms with van der Waals surface area (Å²) in [4.78, 5) is 38.1. The molecule has 0 amide bonds. The van der Waals surface area contributed by atoms with Crippen LogP contribution in [0.4, 0.5) is 0 Å². The van der Waals surface area contributed by atoms with E-state index in [-0.39, 0.29) is 31.1 Å². The van der Waals surface area contributed by atoms with Crippen molar-refractivity contribution in [2.24, 2.45) is 0 Å². The molecular formula is C69H122O6. The fourth-order valence-corrected chi connectivity index (χ4v) is 9.39. The van der Waals surface area contributed by atoms with Gasteiger partial charge in [-0.15, -0.1) is 0 Å². The molecule has 0 radical (unpaired) electrons. The minimum Gasteiger partial charge on any atom is -0.462 e. The Morgan fingerprint density at radius 3 is 0.813 bits per heavy atom. The van der Waals surface area contributed by atoms with E-state index < -0.39 is 6.10 Å². The lowest BCUT2D eigenvalue weighted by molar-refractivity contribution is -0.167. The number of carbonyl (C=O) groups excluding carboxylic acids is 3. The molecule has 0 heterocycles. The molecule has 0 spiro atoms. The van der Waals surface area contributed by atoms with E-state index in [2.05, 4.69) is 93.7 Å². The number of allylic oxidation sites excluding steroid dienone is 12. The Bertz CT molecular complexity index is 1390. The summed E-state index contributed by atoms with van der Waals surface area (Å²) in [6, 6.07) is 0. The van der Waals surface area contributed by atoms with Crippen molar-refractivity contribution in [3.05, 3.63) is 72.9 Å². The fourth-order valence-electron chi connectivity index (χ4n) is 9.39. The molecule has 0 aliphatic heterocycles. The number of hydrogen-bond donors (Lipinski definition) is 0. The lowest BCUT2D eigenvalue weighted by Crippen LogP contribution is -2.30. The molecule has 6 nitrogen and oxygen atoms in total. The van der Waals surface area contributed by atoms with E-state index in [1.807, 2.05) is 0 Å². The first-order valence-corrected chi connectivity index (χ1v) is 32.4. The molecule has 6 heteroatoms. The maximum atomic E-state index is 12.9. The van der Waals surface area contributed by atoms with E-state index in [0.717, 1.165) is 109 Å². The molecule has 1 unspecified atom stereocenters. The summed E-state index contributed by atoms with van der Waals surface area (Å²) in [5.74, 6) is -0.897. The molecule has 75 heavy (non-hydrogen) atoms. The maximum absolute atomic E-state index is 12.9. The Morgan fingerprint density at radius 2 is 0.520 bits per heavy atom. The van der Waals surface area contributed by atoms with Crippen LogP contribution in [0, 0.1) is 0 Å². The van der Waals surface area contributed by atoms with Crippen molar-refractivity contribution < 1.29 is 28.6 Å². The molecule has 0 rings (SSSR count). The van der Waals surface area contributed by atoms with Gasteiger partial charge < -0.3 is 14.2 Å². The molecule has 0 N–H and O–H groups in total. The summed E-state index contributed by atoms with van der Waals surface area (Å²) in [7, 11) is 0. The Hall–Kier alpha value is -3.15. The molecule has 0 aromatic carbocycles. The SMILES string of the molecule is CC/C=C\C/C=C\C/C=C\C/C=C\C/C=C\C/C=C\CCCCCCC(=O)OC(COC(=O)CCCCCCCCCC)COC(=O)CCCCCCCCCCCCCCCCCCCCCCCCCCCC. The van der Waals surface area contributed by atoms with Crippen LogP contribution in [0.15, 0.2) is 72.9 Å². The van der Waals surface area contributed by atoms with Gasteiger partial charge in [0.2, 0.25) is 0 Å². The van der Waals surface area contributed by atoms with Gasteiger partial charge in [0.05, 0.1) is 0 Å². The van der Waals surface area contributed by atoms with Gasteiger partial charge in [-0.3, -0.25) is 14.4 Å². The summed E-state index contributed by atoms with van der Waals surface area (Å²) < 4.78 is 16.8. The average molecular weight is 1050 g/mol. The number of unbranched alkanes of at least 4 members (excludes halogenated alkanes) is 36. The van der Waals surface area contributed by atoms with Crippen LogP contribution in [0.5, 0.6) is 0 Å². The normalized spacial score (nSPS) is 12.5. The molecule has 0 aliphatic rings. The topological polar surface area (TPSA) is 78.9 Å². The highest BCUT2D eigenvalue weighted by molar-refractivity contribution is 5.71. The summed E-state index contributed by atoms with van der Waals surface area (Å²) in [5, 5.41) is 0. The van der Waals surface area contributed by atoms with Crippen LogP contribution in [-0.4, -0.2) is 37.2 Å². The summed E-state index contributed by atoms with van der Waals surface area (Å²) in [6.45, 7) is 6.52. The van der Waals surface area contributed by atoms with E-state index in [9.17, 15) is 14.4 Å². The molecule has 0 saturated heterocycles. The van der Waals surface area contributed by atoms with Crippen molar-refractivity contribution >= 4 is 17.9 Å². The summed E-state index contributed by atoms with van der Waals surface area (Å²) in [6.07, 6.45) is 82.2. The quantitative estimate of drug-likeness (QED) is 0.0261. The van der Waals surface area contributed by atoms with Crippen LogP contribution in [0.1, 0.15) is 329 Å². The van der Waals surface area contributed by atoms with Crippen LogP contribution in [0.3, 0.4) is 0 Å². The second kappa shape index (κ2) is 63.4. The van der Waals surface area contributed by atoms with E-state index in [1.165, 1.54) is 180 Å². The van der Waals surface area contributed by atoms with Gasteiger partial charge in [0.25, 0.3) is 0 Å². The average Bonchev–Trinajstić information content (AvgIpc) is 3.41. The first-order valence-electron chi connectivity index (χ1n) is 32.4. The summed E-state index contributed by atoms with van der Waals surface area (Å²) >= 11 is 0. The number of ether oxygens (including phenoxy) is 3. The van der Waals surface area contributed by atoms with E-state index in [4.69, 9.17) is 14.2 Å². The number of carbonyl (C=O) groups is 3. The third-order valence-electron chi connectivity index (χ3n) is 14.2. The highest BCUT2D eigenvalue weighted by atomic mass is 16.6. The predicted molar refractivity (Wildman–Crippen MR) is 325 cm³/mol. The smallest absolute Gasteiger partial charge is 0.306 e. The predicted octanol–water partition coefficient (Wildman–Crippen LogP) is 22.1. The molecular weight excluding hydrogens is 925 g/mol. The van der Waals surface area contributed by atoms with Gasteiger partial charge in [-0.25, -0.2) is 0 Å². The maximum Gasteiger partial charge on any atom is 0.306 e. The van der Waals surface area contributed by atoms with Crippen molar-refractivity contribution in [1.29, 1.82) is 0 Å². The Labute approximate surface area is 465 Å². The van der Waals surface area contributed by atoms with Crippen LogP contribution >= 0.6 is 0 Å². The largest absolute Gasteiger partial charge is 0.462 e. The van der Waals surface area contributed by atoms with Gasteiger partial charge in [-0.05, 0) is 70.6 Å². The zero-order chi connectivity index (χ0) is 54.3. The van der Waals surface area contributed by atoms with E-state index >= 15 is 0 Å². The minimum atomic E-state index is -0.786. The molecule has 0 aromatic heterocycles. The molecule has 0 saturated carbocycles. The highest BCUT2D eigenvalue weighted by Crippen LogP contribution is 2.17. The van der Waals surface area contributed by atoms with E-state index in [0.29, 0.717) is 19.3 Å². The van der Waals surface area contributed by atoms with Crippen molar-refractivity contribution in [2.75, 3.05) is 13.2 Å². The first-order chi connectivity index (χ1) is 37.0. The Morgan fingerprint density at radius 1 is 0.280 bits per heavy atom. The minimum absolute atomic E-state index is 0.0823. The van der Waals surface area contributed by atoms with Crippen LogP contribution in [0.2, 0.25) is 0 Å². The zero-order valence-electron chi connectivity index (χ0n) is 49.8. The molecule has 1 atom stereocenters. The Kier molecular flexibility index (Phi) is 60.7. The van der Waals surface area contributed by atoms with E-state index in [1.54, 1.807) is 0 Å². The van der Waals surface area contributed by atoms with Crippen LogP contribution < -0.4 is 0 Å². The number of rotatable bonds is 59. The van der Waals surface area contributed by atoms with Crippen LogP contribution in [-0.2, 0) is 28.6 Å². The fraction of sp³-hybridized carbons (Fsp3) is 0.783. The van der Waals surface area contributed by atoms with Gasteiger partial charge in [-0.1, -0.05) is 312 Å². The Balaban J connectivity index is 4.18. The van der Waals surface area contributed by atoms with Gasteiger partial charge in [0.15, 0.2) is 6.10 Å². The van der Waals surface area contributed by atoms with Gasteiger partial charge >= 0.3 is 17.9 Å². The lowest BCUT2D eigenvalue weighted by atomic mass is 10.0. The third-order valence-corrected chi connectivity index (χ3v) is 14.2. The second-order valence-corrected chi connectivity index (χ2v) is 21.7. The second-order valence-electron chi connectivity index (χ2n) is 21.7. The zero-order valence-corrected chi connectivity index (χ0v) is 49.8. The highest BCUT2D eigenvalue weighted by Gasteiger charge is 2.19. The van der Waals surface area contributed by atoms with Gasteiger partial charge in [0.1, 0.15) is 13.2 Å². The lowest BCUT2D eigenvalue weighted by Gasteiger charge is -2.18. The number of esters is 3. The first kappa shape index (κ1) is 71.8. The monoisotopic (exact) mass is 1050 g/mol. The van der Waals surface area contributed by atoms with Crippen LogP contribution in [0.25, 0.3) is 0 Å². The molecule has 0 fully saturated rings. The van der Waals surface area contributed by atoms with Crippen molar-refractivity contribution in [2.45, 2.75) is 335 Å². The standard InChI is InChI=1S/C69H122O6/c1-4-7-10-13-16-19-21-23-25-27-29-31-33-34-35-37-38-40-42-44-46-48-50-53-56-59-62-68(71)74-65-66(64-73-67(70)61-58-55-52-18-15-12-9-6-3)75-69(72)63-60-57-54-51-49-47-45-43-41-39-36-32-30-28-26-24-22-20-17-14-11-8-5-2/h8,11,17,20,24,26,30,32,39,41,45,47,66H,4-7,9-10,12-16,18-19,21-23,25,27-29,31,33-38,40,42-44,46,48-65H2,1-3H3/b11-8-,20-17-,26-24-,32-30-,41-39-,47-45-. The van der Waals surface area contributed by atoms with Crippen molar-refractivity contribution in [3.63, 3.8) is 0 Å².